The van der Waals surface area contributed by atoms with Gasteiger partial charge in [0.2, 0.25) is 0 Å². The van der Waals surface area contributed by atoms with Crippen LogP contribution in [0.1, 0.15) is 32.0 Å². The topological polar surface area (TPSA) is 50.1 Å². The Morgan fingerprint density at radius 2 is 2.33 bits per heavy atom. The fraction of sp³-hybridized carbons (Fsp3) is 0.700. The maximum atomic E-state index is 8.63. The molecule has 1 atom stereocenters. The van der Waals surface area contributed by atoms with Crippen LogP contribution in [0.3, 0.4) is 0 Å². The maximum Gasteiger partial charge on any atom is 0.0556 e. The van der Waals surface area contributed by atoms with Crippen molar-refractivity contribution in [2.45, 2.75) is 32.9 Å². The van der Waals surface area contributed by atoms with Crippen LogP contribution in [-0.4, -0.2) is 28.0 Å². The molecule has 0 aliphatic heterocycles. The summed E-state index contributed by atoms with van der Waals surface area (Å²) in [5, 5.41) is 16.1. The minimum Gasteiger partial charge on any atom is -0.395 e. The van der Waals surface area contributed by atoms with E-state index in [9.17, 15) is 0 Å². The Bertz CT molecular complexity index is 265. The van der Waals surface area contributed by atoms with Gasteiger partial charge in [0.15, 0.2) is 0 Å². The smallest absolute Gasteiger partial charge is 0.0556 e. The third-order valence-electron chi connectivity index (χ3n) is 2.36. The van der Waals surface area contributed by atoms with E-state index in [1.54, 1.807) is 0 Å². The standard InChI is InChI=1S/C10H19N3O.ClH/c1-3-9(2)13-10(4-5-12-13)8-11-6-7-14;/h4-5,9,11,14H,3,6-8H2,1-2H3;1H. The molecule has 5 heteroatoms. The second-order valence-electron chi connectivity index (χ2n) is 3.42. The van der Waals surface area contributed by atoms with Crippen molar-refractivity contribution in [2.24, 2.45) is 0 Å². The molecule has 0 aromatic carbocycles. The summed E-state index contributed by atoms with van der Waals surface area (Å²) in [7, 11) is 0. The number of nitrogens with zero attached hydrogens (tertiary/aromatic N) is 2. The molecule has 1 rings (SSSR count). The van der Waals surface area contributed by atoms with Gasteiger partial charge in [0.05, 0.1) is 12.3 Å². The average Bonchev–Trinajstić information content (AvgIpc) is 2.65. The van der Waals surface area contributed by atoms with Crippen molar-refractivity contribution < 1.29 is 5.11 Å². The van der Waals surface area contributed by atoms with E-state index in [1.165, 1.54) is 5.69 Å². The van der Waals surface area contributed by atoms with E-state index in [1.807, 2.05) is 16.9 Å². The molecule has 0 saturated heterocycles. The maximum absolute atomic E-state index is 8.63. The fourth-order valence-electron chi connectivity index (χ4n) is 1.35. The number of halogens is 1. The van der Waals surface area contributed by atoms with Crippen LogP contribution in [0.15, 0.2) is 12.3 Å². The van der Waals surface area contributed by atoms with Crippen LogP contribution in [0.25, 0.3) is 0 Å². The van der Waals surface area contributed by atoms with Gasteiger partial charge in [0, 0.05) is 25.3 Å². The molecule has 1 heterocycles. The number of aliphatic hydroxyl groups excluding tert-OH is 1. The van der Waals surface area contributed by atoms with Gasteiger partial charge in [-0.2, -0.15) is 5.10 Å². The second kappa shape index (κ2) is 7.68. The summed E-state index contributed by atoms with van der Waals surface area (Å²) in [4.78, 5) is 0. The molecule has 0 bridgehead atoms. The lowest BCUT2D eigenvalue weighted by Gasteiger charge is -2.13. The Labute approximate surface area is 97.1 Å². The van der Waals surface area contributed by atoms with Crippen LogP contribution >= 0.6 is 12.4 Å². The van der Waals surface area contributed by atoms with Gasteiger partial charge in [-0.25, -0.2) is 0 Å². The predicted octanol–water partition coefficient (Wildman–Crippen LogP) is 1.36. The summed E-state index contributed by atoms with van der Waals surface area (Å²) in [5.41, 5.74) is 1.17. The first kappa shape index (κ1) is 14.4. The van der Waals surface area contributed by atoms with Gasteiger partial charge in [0.1, 0.15) is 0 Å². The highest BCUT2D eigenvalue weighted by Crippen LogP contribution is 2.11. The summed E-state index contributed by atoms with van der Waals surface area (Å²) >= 11 is 0. The molecule has 88 valence electrons. The molecule has 1 aromatic rings. The van der Waals surface area contributed by atoms with E-state index in [0.717, 1.165) is 13.0 Å². The molecule has 0 aliphatic carbocycles. The summed E-state index contributed by atoms with van der Waals surface area (Å²) in [5.74, 6) is 0. The fourth-order valence-corrected chi connectivity index (χ4v) is 1.35. The number of rotatable bonds is 6. The quantitative estimate of drug-likeness (QED) is 0.730. The summed E-state index contributed by atoms with van der Waals surface area (Å²) in [6.45, 7) is 5.88. The Balaban J connectivity index is 0.00000196. The molecule has 1 unspecified atom stereocenters. The van der Waals surface area contributed by atoms with Crippen molar-refractivity contribution in [3.05, 3.63) is 18.0 Å². The molecule has 0 radical (unpaired) electrons. The van der Waals surface area contributed by atoms with E-state index in [0.29, 0.717) is 12.6 Å². The van der Waals surface area contributed by atoms with Gasteiger partial charge in [-0.15, -0.1) is 12.4 Å². The lowest BCUT2D eigenvalue weighted by molar-refractivity contribution is 0.290. The molecule has 2 N–H and O–H groups in total. The van der Waals surface area contributed by atoms with Crippen LogP contribution in [-0.2, 0) is 6.54 Å². The van der Waals surface area contributed by atoms with E-state index in [4.69, 9.17) is 5.11 Å². The molecule has 0 fully saturated rings. The molecular weight excluding hydrogens is 214 g/mol. The minimum absolute atomic E-state index is 0. The van der Waals surface area contributed by atoms with E-state index >= 15 is 0 Å². The van der Waals surface area contributed by atoms with Gasteiger partial charge < -0.3 is 10.4 Å². The average molecular weight is 234 g/mol. The lowest BCUT2D eigenvalue weighted by atomic mass is 10.2. The molecule has 1 aromatic heterocycles. The molecule has 0 saturated carbocycles. The van der Waals surface area contributed by atoms with Crippen molar-refractivity contribution in [3.8, 4) is 0 Å². The Morgan fingerprint density at radius 1 is 1.60 bits per heavy atom. The number of nitrogens with one attached hydrogen (secondary N) is 1. The lowest BCUT2D eigenvalue weighted by Crippen LogP contribution is -2.21. The van der Waals surface area contributed by atoms with Crippen LogP contribution in [0.2, 0.25) is 0 Å². The largest absolute Gasteiger partial charge is 0.395 e. The van der Waals surface area contributed by atoms with Gasteiger partial charge >= 0.3 is 0 Å². The third-order valence-corrected chi connectivity index (χ3v) is 2.36. The van der Waals surface area contributed by atoms with Crippen molar-refractivity contribution in [3.63, 3.8) is 0 Å². The molecule has 0 spiro atoms. The third kappa shape index (κ3) is 4.20. The first-order valence-corrected chi connectivity index (χ1v) is 5.13. The van der Waals surface area contributed by atoms with Crippen LogP contribution < -0.4 is 5.32 Å². The Hall–Kier alpha value is -0.580. The normalized spacial score (nSPS) is 12.2. The monoisotopic (exact) mass is 233 g/mol. The van der Waals surface area contributed by atoms with E-state index in [-0.39, 0.29) is 19.0 Å². The first-order chi connectivity index (χ1) is 6.79. The van der Waals surface area contributed by atoms with Crippen LogP contribution in [0.5, 0.6) is 0 Å². The number of aliphatic hydroxyl groups is 1. The summed E-state index contributed by atoms with van der Waals surface area (Å²) in [6.07, 6.45) is 2.90. The van der Waals surface area contributed by atoms with Crippen molar-refractivity contribution >= 4 is 12.4 Å². The first-order valence-electron chi connectivity index (χ1n) is 5.13. The number of hydrogen-bond acceptors (Lipinski definition) is 3. The van der Waals surface area contributed by atoms with Gasteiger partial charge in [0.25, 0.3) is 0 Å². The molecule has 0 amide bonds. The highest BCUT2D eigenvalue weighted by Gasteiger charge is 2.06. The predicted molar refractivity (Wildman–Crippen MR) is 63.3 cm³/mol. The SMILES string of the molecule is CCC(C)n1nccc1CNCCO.Cl. The van der Waals surface area contributed by atoms with Gasteiger partial charge in [-0.05, 0) is 19.4 Å². The summed E-state index contributed by atoms with van der Waals surface area (Å²) in [6, 6.07) is 2.45. The zero-order chi connectivity index (χ0) is 10.4. The zero-order valence-electron chi connectivity index (χ0n) is 9.31. The summed E-state index contributed by atoms with van der Waals surface area (Å²) < 4.78 is 2.03. The zero-order valence-corrected chi connectivity index (χ0v) is 10.1. The Kier molecular flexibility index (Phi) is 7.38. The highest BCUT2D eigenvalue weighted by atomic mass is 35.5. The molecule has 4 nitrogen and oxygen atoms in total. The van der Waals surface area contributed by atoms with Gasteiger partial charge in [-0.1, -0.05) is 6.92 Å². The van der Waals surface area contributed by atoms with Crippen LogP contribution in [0, 0.1) is 0 Å². The molecule has 15 heavy (non-hydrogen) atoms. The molecular formula is C10H20ClN3O. The molecule has 0 aliphatic rings. The van der Waals surface area contributed by atoms with Crippen LogP contribution in [0.4, 0.5) is 0 Å². The minimum atomic E-state index is 0. The van der Waals surface area contributed by atoms with Crippen molar-refractivity contribution in [1.29, 1.82) is 0 Å². The van der Waals surface area contributed by atoms with Crippen molar-refractivity contribution in [2.75, 3.05) is 13.2 Å². The van der Waals surface area contributed by atoms with E-state index < -0.39 is 0 Å². The van der Waals surface area contributed by atoms with E-state index in [2.05, 4.69) is 24.3 Å². The second-order valence-corrected chi connectivity index (χ2v) is 3.42. The number of hydrogen-bond donors (Lipinski definition) is 2. The van der Waals surface area contributed by atoms with Crippen molar-refractivity contribution in [1.82, 2.24) is 15.1 Å². The van der Waals surface area contributed by atoms with Gasteiger partial charge in [-0.3, -0.25) is 4.68 Å². The Morgan fingerprint density at radius 3 is 2.93 bits per heavy atom. The highest BCUT2D eigenvalue weighted by molar-refractivity contribution is 5.85. The number of aromatic nitrogens is 2.